The van der Waals surface area contributed by atoms with Gasteiger partial charge in [-0.3, -0.25) is 4.79 Å². The van der Waals surface area contributed by atoms with E-state index in [-0.39, 0.29) is 17.1 Å². The molecule has 1 aliphatic heterocycles. The highest BCUT2D eigenvalue weighted by Gasteiger charge is 2.26. The summed E-state index contributed by atoms with van der Waals surface area (Å²) in [5, 5.41) is 0.140. The lowest BCUT2D eigenvalue weighted by atomic mass is 10.2. The molecule has 0 unspecified atom stereocenters. The second-order valence-corrected chi connectivity index (χ2v) is 5.42. The molecule has 0 atom stereocenters. The third kappa shape index (κ3) is 3.36. The minimum Gasteiger partial charge on any atom is -0.397 e. The Bertz CT molecular complexity index is 555. The SMILES string of the molecule is CN(C)C(=O)N1CCN(C(=O)c2cc(N)cnc2Cl)CC1. The van der Waals surface area contributed by atoms with E-state index in [1.807, 2.05) is 0 Å². The quantitative estimate of drug-likeness (QED) is 0.776. The summed E-state index contributed by atoms with van der Waals surface area (Å²) in [5.74, 6) is -0.211. The van der Waals surface area contributed by atoms with Crippen LogP contribution < -0.4 is 5.73 Å². The maximum absolute atomic E-state index is 12.4. The number of aromatic nitrogens is 1. The lowest BCUT2D eigenvalue weighted by molar-refractivity contribution is 0.0650. The molecular formula is C13H18ClN5O2. The molecule has 114 valence electrons. The highest BCUT2D eigenvalue weighted by Crippen LogP contribution is 2.18. The zero-order valence-electron chi connectivity index (χ0n) is 12.0. The number of nitrogen functional groups attached to an aromatic ring is 1. The number of urea groups is 1. The topological polar surface area (TPSA) is 82.8 Å². The number of amides is 3. The van der Waals surface area contributed by atoms with E-state index in [0.29, 0.717) is 37.4 Å². The maximum atomic E-state index is 12.4. The first-order valence-corrected chi connectivity index (χ1v) is 6.94. The number of rotatable bonds is 1. The van der Waals surface area contributed by atoms with Crippen molar-refractivity contribution in [2.45, 2.75) is 0 Å². The van der Waals surface area contributed by atoms with Crippen LogP contribution in [-0.4, -0.2) is 71.9 Å². The Labute approximate surface area is 128 Å². The van der Waals surface area contributed by atoms with Crippen LogP contribution in [0, 0.1) is 0 Å². The van der Waals surface area contributed by atoms with Crippen LogP contribution >= 0.6 is 11.6 Å². The van der Waals surface area contributed by atoms with Gasteiger partial charge < -0.3 is 20.4 Å². The second-order valence-electron chi connectivity index (χ2n) is 5.06. The second kappa shape index (κ2) is 6.17. The highest BCUT2D eigenvalue weighted by atomic mass is 35.5. The summed E-state index contributed by atoms with van der Waals surface area (Å²) >= 11 is 5.95. The van der Waals surface area contributed by atoms with Gasteiger partial charge >= 0.3 is 6.03 Å². The number of nitrogens with two attached hydrogens (primary N) is 1. The number of nitrogens with zero attached hydrogens (tertiary/aromatic N) is 4. The Kier molecular flexibility index (Phi) is 4.52. The average Bonchev–Trinajstić information content (AvgIpc) is 2.48. The fourth-order valence-corrected chi connectivity index (χ4v) is 2.35. The molecule has 21 heavy (non-hydrogen) atoms. The summed E-state index contributed by atoms with van der Waals surface area (Å²) in [6.45, 7) is 1.92. The van der Waals surface area contributed by atoms with Gasteiger partial charge in [-0.2, -0.15) is 0 Å². The Balaban J connectivity index is 2.03. The van der Waals surface area contributed by atoms with Gasteiger partial charge in [-0.05, 0) is 6.07 Å². The Morgan fingerprint density at radius 1 is 1.24 bits per heavy atom. The van der Waals surface area contributed by atoms with Crippen molar-refractivity contribution in [1.29, 1.82) is 0 Å². The van der Waals surface area contributed by atoms with Crippen molar-refractivity contribution >= 4 is 29.2 Å². The standard InChI is InChI=1S/C13H18ClN5O2/c1-17(2)13(21)19-5-3-18(4-6-19)12(20)10-7-9(15)8-16-11(10)14/h7-8H,3-6,15H2,1-2H3. The molecule has 0 bridgehead atoms. The zero-order chi connectivity index (χ0) is 15.6. The van der Waals surface area contributed by atoms with Gasteiger partial charge in [0.25, 0.3) is 5.91 Å². The monoisotopic (exact) mass is 311 g/mol. The number of carbonyl (C=O) groups excluding carboxylic acids is 2. The molecule has 0 aromatic carbocycles. The van der Waals surface area contributed by atoms with E-state index in [4.69, 9.17) is 17.3 Å². The van der Waals surface area contributed by atoms with Gasteiger partial charge in [-0.25, -0.2) is 9.78 Å². The lowest BCUT2D eigenvalue weighted by Gasteiger charge is -2.36. The molecule has 7 nitrogen and oxygen atoms in total. The first kappa shape index (κ1) is 15.4. The molecular weight excluding hydrogens is 294 g/mol. The summed E-state index contributed by atoms with van der Waals surface area (Å²) in [6, 6.07) is 1.47. The molecule has 8 heteroatoms. The van der Waals surface area contributed by atoms with Gasteiger partial charge in [0.1, 0.15) is 5.15 Å². The predicted molar refractivity (Wildman–Crippen MR) is 80.2 cm³/mol. The number of carbonyl (C=O) groups is 2. The zero-order valence-corrected chi connectivity index (χ0v) is 12.8. The van der Waals surface area contributed by atoms with Crippen molar-refractivity contribution in [2.75, 3.05) is 46.0 Å². The van der Waals surface area contributed by atoms with Crippen molar-refractivity contribution in [3.05, 3.63) is 23.0 Å². The van der Waals surface area contributed by atoms with Gasteiger partial charge in [0, 0.05) is 40.3 Å². The van der Waals surface area contributed by atoms with E-state index < -0.39 is 0 Å². The van der Waals surface area contributed by atoms with Gasteiger partial charge in [0.05, 0.1) is 17.4 Å². The van der Waals surface area contributed by atoms with Gasteiger partial charge in [-0.15, -0.1) is 0 Å². The van der Waals surface area contributed by atoms with Crippen LogP contribution in [0.25, 0.3) is 0 Å². The predicted octanol–water partition coefficient (Wildman–Crippen LogP) is 0.757. The summed E-state index contributed by atoms with van der Waals surface area (Å²) in [4.78, 5) is 33.0. The number of hydrogen-bond acceptors (Lipinski definition) is 4. The molecule has 0 saturated carbocycles. The highest BCUT2D eigenvalue weighted by molar-refractivity contribution is 6.32. The van der Waals surface area contributed by atoms with E-state index in [0.717, 1.165) is 0 Å². The van der Waals surface area contributed by atoms with Crippen LogP contribution in [0.1, 0.15) is 10.4 Å². The number of pyridine rings is 1. The van der Waals surface area contributed by atoms with E-state index in [9.17, 15) is 9.59 Å². The van der Waals surface area contributed by atoms with Crippen LogP contribution in [0.4, 0.5) is 10.5 Å². The summed E-state index contributed by atoms with van der Waals surface area (Å²) < 4.78 is 0. The number of piperazine rings is 1. The van der Waals surface area contributed by atoms with Gasteiger partial charge in [0.15, 0.2) is 0 Å². The van der Waals surface area contributed by atoms with Crippen molar-refractivity contribution in [1.82, 2.24) is 19.7 Å². The number of halogens is 1. The molecule has 2 N–H and O–H groups in total. The summed E-state index contributed by atoms with van der Waals surface area (Å²) in [7, 11) is 3.41. The Morgan fingerprint density at radius 3 is 2.38 bits per heavy atom. The smallest absolute Gasteiger partial charge is 0.319 e. The molecule has 1 aromatic heterocycles. The molecule has 1 aliphatic rings. The largest absolute Gasteiger partial charge is 0.397 e. The first-order chi connectivity index (χ1) is 9.90. The Hall–Kier alpha value is -2.02. The van der Waals surface area contributed by atoms with Gasteiger partial charge in [-0.1, -0.05) is 11.6 Å². The molecule has 1 aromatic rings. The molecule has 2 heterocycles. The molecule has 0 aliphatic carbocycles. The maximum Gasteiger partial charge on any atom is 0.319 e. The van der Waals surface area contributed by atoms with Crippen LogP contribution in [-0.2, 0) is 0 Å². The average molecular weight is 312 g/mol. The van der Waals surface area contributed by atoms with E-state index in [2.05, 4.69) is 4.98 Å². The fourth-order valence-electron chi connectivity index (χ4n) is 2.17. The van der Waals surface area contributed by atoms with Crippen molar-refractivity contribution in [3.8, 4) is 0 Å². The Morgan fingerprint density at radius 2 is 1.81 bits per heavy atom. The van der Waals surface area contributed by atoms with Crippen LogP contribution in [0.3, 0.4) is 0 Å². The lowest BCUT2D eigenvalue weighted by Crippen LogP contribution is -2.52. The van der Waals surface area contributed by atoms with Crippen molar-refractivity contribution < 1.29 is 9.59 Å². The third-order valence-electron chi connectivity index (χ3n) is 3.31. The van der Waals surface area contributed by atoms with Crippen LogP contribution in [0.15, 0.2) is 12.3 Å². The number of hydrogen-bond donors (Lipinski definition) is 1. The molecule has 1 saturated heterocycles. The van der Waals surface area contributed by atoms with Crippen molar-refractivity contribution in [3.63, 3.8) is 0 Å². The molecule has 1 fully saturated rings. The summed E-state index contributed by atoms with van der Waals surface area (Å²) in [5.41, 5.74) is 6.33. The number of anilines is 1. The molecule has 0 radical (unpaired) electrons. The van der Waals surface area contributed by atoms with Gasteiger partial charge in [0.2, 0.25) is 0 Å². The minimum absolute atomic E-state index is 0.0502. The first-order valence-electron chi connectivity index (χ1n) is 6.56. The minimum atomic E-state index is -0.211. The van der Waals surface area contributed by atoms with E-state index >= 15 is 0 Å². The molecule has 0 spiro atoms. The summed E-state index contributed by atoms with van der Waals surface area (Å²) in [6.07, 6.45) is 1.41. The van der Waals surface area contributed by atoms with Crippen LogP contribution in [0.2, 0.25) is 5.15 Å². The van der Waals surface area contributed by atoms with Crippen molar-refractivity contribution in [2.24, 2.45) is 0 Å². The molecule has 3 amide bonds. The third-order valence-corrected chi connectivity index (χ3v) is 3.61. The van der Waals surface area contributed by atoms with E-state index in [1.165, 1.54) is 17.2 Å². The molecule has 2 rings (SSSR count). The fraction of sp³-hybridized carbons (Fsp3) is 0.462. The van der Waals surface area contributed by atoms with Crippen LogP contribution in [0.5, 0.6) is 0 Å². The van der Waals surface area contributed by atoms with E-state index in [1.54, 1.807) is 23.9 Å². The normalized spacial score (nSPS) is 15.0.